The third kappa shape index (κ3) is 3.53. The van der Waals surface area contributed by atoms with Crippen LogP contribution < -0.4 is 0 Å². The van der Waals surface area contributed by atoms with Crippen molar-refractivity contribution in [3.05, 3.63) is 133 Å². The Bertz CT molecular complexity index is 2050. The lowest BCUT2D eigenvalue weighted by Crippen LogP contribution is -2.00. The summed E-state index contributed by atoms with van der Waals surface area (Å²) in [5.41, 5.74) is 6.88. The molecule has 0 saturated heterocycles. The van der Waals surface area contributed by atoms with E-state index >= 15 is 0 Å². The van der Waals surface area contributed by atoms with Crippen LogP contribution in [0.5, 0.6) is 0 Å². The smallest absolute Gasteiger partial charge is 0.00141 e. The first-order chi connectivity index (χ1) is 19.8. The number of rotatable bonds is 5. The average molecular weight is 511 g/mol. The summed E-state index contributed by atoms with van der Waals surface area (Å²) < 4.78 is 0. The van der Waals surface area contributed by atoms with Crippen LogP contribution in [0.25, 0.3) is 76.1 Å². The second-order valence-electron chi connectivity index (χ2n) is 11.1. The highest BCUT2D eigenvalue weighted by Gasteiger charge is 2.22. The van der Waals surface area contributed by atoms with Gasteiger partial charge in [0.05, 0.1) is 0 Å². The van der Waals surface area contributed by atoms with Crippen LogP contribution in [-0.2, 0) is 6.42 Å². The molecule has 0 nitrogen and oxygen atoms in total. The van der Waals surface area contributed by atoms with Crippen LogP contribution in [0, 0.1) is 0 Å². The Morgan fingerprint density at radius 2 is 0.900 bits per heavy atom. The van der Waals surface area contributed by atoms with Gasteiger partial charge < -0.3 is 0 Å². The summed E-state index contributed by atoms with van der Waals surface area (Å²) in [6.45, 7) is 2.30. The first kappa shape index (κ1) is 23.2. The van der Waals surface area contributed by atoms with Gasteiger partial charge in [-0.25, -0.2) is 0 Å². The van der Waals surface area contributed by atoms with Crippen molar-refractivity contribution in [3.8, 4) is 22.3 Å². The molecule has 0 heteroatoms. The summed E-state index contributed by atoms with van der Waals surface area (Å²) in [4.78, 5) is 0. The third-order valence-electron chi connectivity index (χ3n) is 8.78. The second kappa shape index (κ2) is 9.21. The van der Waals surface area contributed by atoms with Gasteiger partial charge in [-0.05, 0) is 107 Å². The van der Waals surface area contributed by atoms with Crippen LogP contribution in [-0.4, -0.2) is 0 Å². The van der Waals surface area contributed by atoms with E-state index in [0.29, 0.717) is 0 Å². The normalized spacial score (nSPS) is 11.9. The predicted octanol–water partition coefficient (Wildman–Crippen LogP) is 11.6. The Kier molecular flexibility index (Phi) is 5.35. The highest BCUT2D eigenvalue weighted by Crippen LogP contribution is 2.48. The van der Waals surface area contributed by atoms with E-state index in [0.717, 1.165) is 12.8 Å². The first-order valence-electron chi connectivity index (χ1n) is 14.5. The molecule has 0 saturated carbocycles. The van der Waals surface area contributed by atoms with Gasteiger partial charge in [-0.15, -0.1) is 0 Å². The van der Waals surface area contributed by atoms with Crippen LogP contribution >= 0.6 is 0 Å². The number of unbranched alkanes of at least 4 members (excludes halogenated alkanes) is 1. The van der Waals surface area contributed by atoms with Gasteiger partial charge in [-0.3, -0.25) is 0 Å². The zero-order valence-electron chi connectivity index (χ0n) is 22.7. The highest BCUT2D eigenvalue weighted by atomic mass is 14.3. The van der Waals surface area contributed by atoms with E-state index in [-0.39, 0.29) is 0 Å². The first-order valence-corrected chi connectivity index (χ1v) is 14.5. The summed E-state index contributed by atoms with van der Waals surface area (Å²) >= 11 is 0. The van der Waals surface area contributed by atoms with Gasteiger partial charge in [0.1, 0.15) is 0 Å². The topological polar surface area (TPSA) is 0 Å². The summed E-state index contributed by atoms with van der Waals surface area (Å²) in [7, 11) is 0. The molecule has 190 valence electrons. The van der Waals surface area contributed by atoms with Gasteiger partial charge in [0.2, 0.25) is 0 Å². The quantitative estimate of drug-likeness (QED) is 0.202. The maximum absolute atomic E-state index is 2.40. The number of fused-ring (bicyclic) bond motifs is 2. The number of benzene rings is 8. The average Bonchev–Trinajstić information content (AvgIpc) is 3.01. The predicted molar refractivity (Wildman–Crippen MR) is 175 cm³/mol. The fourth-order valence-corrected chi connectivity index (χ4v) is 6.90. The SMILES string of the molecule is CCCCc1c(-c2ccc3ccccc3c2)c2ccc3cccc4ccc(c1-c1ccc5ccccc5c1)c2c34. The van der Waals surface area contributed by atoms with Crippen molar-refractivity contribution in [2.45, 2.75) is 26.2 Å². The Hall–Kier alpha value is -4.68. The summed E-state index contributed by atoms with van der Waals surface area (Å²) in [5, 5.41) is 13.3. The molecule has 0 N–H and O–H groups in total. The second-order valence-corrected chi connectivity index (χ2v) is 11.1. The third-order valence-corrected chi connectivity index (χ3v) is 8.78. The van der Waals surface area contributed by atoms with Gasteiger partial charge in [-0.2, -0.15) is 0 Å². The van der Waals surface area contributed by atoms with Gasteiger partial charge in [-0.1, -0.05) is 129 Å². The number of hydrogen-bond acceptors (Lipinski definition) is 0. The monoisotopic (exact) mass is 510 g/mol. The van der Waals surface area contributed by atoms with E-state index in [9.17, 15) is 0 Å². The lowest BCUT2D eigenvalue weighted by atomic mass is 9.80. The Labute approximate surface area is 234 Å². The van der Waals surface area contributed by atoms with Gasteiger partial charge in [0.15, 0.2) is 0 Å². The maximum atomic E-state index is 2.40. The molecule has 0 fully saturated rings. The van der Waals surface area contributed by atoms with E-state index in [1.54, 1.807) is 0 Å². The molecule has 8 aromatic rings. The molecule has 0 radical (unpaired) electrons. The van der Waals surface area contributed by atoms with E-state index in [1.165, 1.54) is 88.1 Å². The van der Waals surface area contributed by atoms with Crippen LogP contribution in [0.2, 0.25) is 0 Å². The molecule has 0 aliphatic heterocycles. The van der Waals surface area contributed by atoms with Crippen molar-refractivity contribution < 1.29 is 0 Å². The number of hydrogen-bond donors (Lipinski definition) is 0. The summed E-state index contributed by atoms with van der Waals surface area (Å²) in [6.07, 6.45) is 3.38. The standard InChI is InChI=1S/C40H30/c1-2-3-15-34-38(32-18-16-26-9-4-6-11-30(26)24-32)35-22-20-28-13-8-14-29-21-23-36(40(35)37(28)29)39(34)33-19-17-27-10-5-7-12-31(27)25-33/h4-14,16-25H,2-3,15H2,1H3. The van der Waals surface area contributed by atoms with Crippen molar-refractivity contribution in [2.75, 3.05) is 0 Å². The van der Waals surface area contributed by atoms with Crippen LogP contribution in [0.3, 0.4) is 0 Å². The Balaban J connectivity index is 1.57. The van der Waals surface area contributed by atoms with Gasteiger partial charge >= 0.3 is 0 Å². The molecule has 40 heavy (non-hydrogen) atoms. The Morgan fingerprint density at radius 3 is 1.43 bits per heavy atom. The zero-order valence-corrected chi connectivity index (χ0v) is 22.7. The van der Waals surface area contributed by atoms with Crippen LogP contribution in [0.15, 0.2) is 127 Å². The van der Waals surface area contributed by atoms with Crippen LogP contribution in [0.1, 0.15) is 25.3 Å². The molecule has 0 amide bonds. The molecular weight excluding hydrogens is 480 g/mol. The molecule has 0 aromatic heterocycles. The molecule has 0 unspecified atom stereocenters. The van der Waals surface area contributed by atoms with Crippen LogP contribution in [0.4, 0.5) is 0 Å². The van der Waals surface area contributed by atoms with Crippen molar-refractivity contribution in [1.82, 2.24) is 0 Å². The van der Waals surface area contributed by atoms with E-state index < -0.39 is 0 Å². The van der Waals surface area contributed by atoms with Crippen molar-refractivity contribution >= 4 is 53.9 Å². The maximum Gasteiger partial charge on any atom is -0.00141 e. The van der Waals surface area contributed by atoms with E-state index in [2.05, 4.69) is 134 Å². The van der Waals surface area contributed by atoms with E-state index in [1.807, 2.05) is 0 Å². The molecule has 8 aromatic carbocycles. The molecule has 0 heterocycles. The minimum absolute atomic E-state index is 1.05. The van der Waals surface area contributed by atoms with Crippen molar-refractivity contribution in [3.63, 3.8) is 0 Å². The fraction of sp³-hybridized carbons (Fsp3) is 0.100. The Morgan fingerprint density at radius 1 is 0.425 bits per heavy atom. The lowest BCUT2D eigenvalue weighted by Gasteiger charge is -2.23. The molecule has 8 rings (SSSR count). The minimum Gasteiger partial charge on any atom is -0.0654 e. The lowest BCUT2D eigenvalue weighted by molar-refractivity contribution is 0.798. The zero-order chi connectivity index (χ0) is 26.6. The van der Waals surface area contributed by atoms with Crippen molar-refractivity contribution in [1.29, 1.82) is 0 Å². The molecule has 0 spiro atoms. The molecule has 0 bridgehead atoms. The van der Waals surface area contributed by atoms with Gasteiger partial charge in [0.25, 0.3) is 0 Å². The molecule has 0 atom stereocenters. The molecule has 0 aliphatic rings. The summed E-state index contributed by atoms with van der Waals surface area (Å²) in [6, 6.07) is 47.7. The molecular formula is C40H30. The van der Waals surface area contributed by atoms with Gasteiger partial charge in [0, 0.05) is 0 Å². The fourth-order valence-electron chi connectivity index (χ4n) is 6.90. The minimum atomic E-state index is 1.05. The van der Waals surface area contributed by atoms with E-state index in [4.69, 9.17) is 0 Å². The largest absolute Gasteiger partial charge is 0.0654 e. The summed E-state index contributed by atoms with van der Waals surface area (Å²) in [5.74, 6) is 0. The highest BCUT2D eigenvalue weighted by molar-refractivity contribution is 6.29. The molecule has 0 aliphatic carbocycles. The van der Waals surface area contributed by atoms with Crippen molar-refractivity contribution in [2.24, 2.45) is 0 Å².